The van der Waals surface area contributed by atoms with E-state index in [0.717, 1.165) is 12.0 Å². The number of hydrogen-bond acceptors (Lipinski definition) is 5. The summed E-state index contributed by atoms with van der Waals surface area (Å²) in [6.07, 6.45) is 0.947. The lowest BCUT2D eigenvalue weighted by molar-refractivity contribution is 0.0757. The molecule has 0 unspecified atom stereocenters. The zero-order valence-corrected chi connectivity index (χ0v) is 15.5. The molecule has 3 rings (SSSR count). The van der Waals surface area contributed by atoms with Crippen LogP contribution in [-0.2, 0) is 4.74 Å². The molecule has 27 heavy (non-hydrogen) atoms. The number of aromatic nitrogens is 2. The van der Waals surface area contributed by atoms with Crippen LogP contribution in [0.15, 0.2) is 59.1 Å². The molecule has 140 valence electrons. The van der Waals surface area contributed by atoms with Gasteiger partial charge in [-0.25, -0.2) is 0 Å². The van der Waals surface area contributed by atoms with Gasteiger partial charge in [-0.2, -0.15) is 4.98 Å². The standard InChI is InChI=1S/C21H23N3O3/c1-15(2)26-14-8-13-22-20(25)17-11-6-7-12-18(17)21-23-19(24-27-21)16-9-4-3-5-10-16/h3-7,9-12,15H,8,13-14H2,1-2H3,(H,22,25). The Hall–Kier alpha value is -2.99. The number of nitrogens with zero attached hydrogens (tertiary/aromatic N) is 2. The summed E-state index contributed by atoms with van der Waals surface area (Å²) in [4.78, 5) is 17.0. The van der Waals surface area contributed by atoms with Crippen molar-refractivity contribution in [3.63, 3.8) is 0 Å². The Balaban J connectivity index is 1.71. The van der Waals surface area contributed by atoms with Gasteiger partial charge in [0.1, 0.15) is 0 Å². The molecular weight excluding hydrogens is 342 g/mol. The highest BCUT2D eigenvalue weighted by atomic mass is 16.5. The van der Waals surface area contributed by atoms with Crippen LogP contribution in [0.5, 0.6) is 0 Å². The molecule has 0 saturated heterocycles. The van der Waals surface area contributed by atoms with Crippen LogP contribution >= 0.6 is 0 Å². The van der Waals surface area contributed by atoms with Crippen molar-refractivity contribution in [3.05, 3.63) is 60.2 Å². The van der Waals surface area contributed by atoms with E-state index in [2.05, 4.69) is 15.5 Å². The van der Waals surface area contributed by atoms with Crippen molar-refractivity contribution in [2.75, 3.05) is 13.2 Å². The van der Waals surface area contributed by atoms with Crippen LogP contribution in [0.1, 0.15) is 30.6 Å². The molecule has 1 amide bonds. The maximum atomic E-state index is 12.6. The molecule has 0 atom stereocenters. The van der Waals surface area contributed by atoms with Gasteiger partial charge in [-0.05, 0) is 32.4 Å². The Labute approximate surface area is 158 Å². The van der Waals surface area contributed by atoms with Crippen LogP contribution in [-0.4, -0.2) is 35.3 Å². The first-order chi connectivity index (χ1) is 13.1. The van der Waals surface area contributed by atoms with Crippen molar-refractivity contribution < 1.29 is 14.1 Å². The van der Waals surface area contributed by atoms with Gasteiger partial charge in [0.2, 0.25) is 5.82 Å². The molecule has 1 heterocycles. The van der Waals surface area contributed by atoms with E-state index in [1.54, 1.807) is 12.1 Å². The van der Waals surface area contributed by atoms with Crippen LogP contribution in [0.2, 0.25) is 0 Å². The van der Waals surface area contributed by atoms with Crippen molar-refractivity contribution in [1.82, 2.24) is 15.5 Å². The van der Waals surface area contributed by atoms with Crippen molar-refractivity contribution in [3.8, 4) is 22.8 Å². The van der Waals surface area contributed by atoms with E-state index < -0.39 is 0 Å². The predicted octanol–water partition coefficient (Wildman–Crippen LogP) is 3.95. The van der Waals surface area contributed by atoms with E-state index in [0.29, 0.717) is 36.0 Å². The van der Waals surface area contributed by atoms with Crippen molar-refractivity contribution in [2.45, 2.75) is 26.4 Å². The highest BCUT2D eigenvalue weighted by Crippen LogP contribution is 2.25. The average Bonchev–Trinajstić information content (AvgIpc) is 3.18. The van der Waals surface area contributed by atoms with Crippen LogP contribution in [0.3, 0.4) is 0 Å². The first kappa shape index (κ1) is 18.8. The van der Waals surface area contributed by atoms with Crippen LogP contribution in [0, 0.1) is 0 Å². The molecule has 0 bridgehead atoms. The monoisotopic (exact) mass is 365 g/mol. The smallest absolute Gasteiger partial charge is 0.259 e. The topological polar surface area (TPSA) is 77.2 Å². The van der Waals surface area contributed by atoms with Gasteiger partial charge in [0.05, 0.1) is 17.2 Å². The highest BCUT2D eigenvalue weighted by Gasteiger charge is 2.17. The Morgan fingerprint density at radius 3 is 2.63 bits per heavy atom. The Bertz CT molecular complexity index is 875. The molecule has 2 aromatic carbocycles. The number of ether oxygens (including phenoxy) is 1. The summed E-state index contributed by atoms with van der Waals surface area (Å²) >= 11 is 0. The fraction of sp³-hybridized carbons (Fsp3) is 0.286. The van der Waals surface area contributed by atoms with Crippen LogP contribution < -0.4 is 5.32 Å². The minimum absolute atomic E-state index is 0.172. The quantitative estimate of drug-likeness (QED) is 0.612. The fourth-order valence-corrected chi connectivity index (χ4v) is 2.59. The lowest BCUT2D eigenvalue weighted by Crippen LogP contribution is -2.26. The number of hydrogen-bond donors (Lipinski definition) is 1. The Kier molecular flexibility index (Phi) is 6.33. The molecule has 0 saturated carbocycles. The average molecular weight is 365 g/mol. The first-order valence-corrected chi connectivity index (χ1v) is 9.03. The minimum atomic E-state index is -0.172. The molecule has 0 radical (unpaired) electrons. The SMILES string of the molecule is CC(C)OCCCNC(=O)c1ccccc1-c1nc(-c2ccccc2)no1. The van der Waals surface area contributed by atoms with E-state index in [4.69, 9.17) is 9.26 Å². The largest absolute Gasteiger partial charge is 0.379 e. The molecule has 3 aromatic rings. The second-order valence-corrected chi connectivity index (χ2v) is 6.36. The number of carbonyl (C=O) groups excluding carboxylic acids is 1. The van der Waals surface area contributed by atoms with Crippen LogP contribution in [0.25, 0.3) is 22.8 Å². The van der Waals surface area contributed by atoms with E-state index in [-0.39, 0.29) is 12.0 Å². The third-order valence-electron chi connectivity index (χ3n) is 3.92. The molecule has 0 fully saturated rings. The molecule has 0 aliphatic carbocycles. The lowest BCUT2D eigenvalue weighted by atomic mass is 10.1. The Morgan fingerprint density at radius 1 is 1.11 bits per heavy atom. The number of rotatable bonds is 8. The van der Waals surface area contributed by atoms with Gasteiger partial charge in [0.15, 0.2) is 0 Å². The summed E-state index contributed by atoms with van der Waals surface area (Å²) in [5, 5.41) is 6.94. The normalized spacial score (nSPS) is 10.9. The van der Waals surface area contributed by atoms with E-state index in [1.807, 2.05) is 56.3 Å². The lowest BCUT2D eigenvalue weighted by Gasteiger charge is -2.09. The van der Waals surface area contributed by atoms with E-state index in [1.165, 1.54) is 0 Å². The maximum absolute atomic E-state index is 12.6. The molecule has 6 heteroatoms. The zero-order valence-electron chi connectivity index (χ0n) is 15.5. The van der Waals surface area contributed by atoms with Crippen LogP contribution in [0.4, 0.5) is 0 Å². The summed E-state index contributed by atoms with van der Waals surface area (Å²) in [6, 6.07) is 16.8. The van der Waals surface area contributed by atoms with Gasteiger partial charge in [0, 0.05) is 18.7 Å². The highest BCUT2D eigenvalue weighted by molar-refractivity contribution is 6.00. The minimum Gasteiger partial charge on any atom is -0.379 e. The van der Waals surface area contributed by atoms with Crippen molar-refractivity contribution in [2.24, 2.45) is 0 Å². The van der Waals surface area contributed by atoms with E-state index >= 15 is 0 Å². The van der Waals surface area contributed by atoms with Gasteiger partial charge in [0.25, 0.3) is 11.8 Å². The summed E-state index contributed by atoms with van der Waals surface area (Å²) in [7, 11) is 0. The number of amides is 1. The third kappa shape index (κ3) is 5.01. The summed E-state index contributed by atoms with van der Waals surface area (Å²) in [5.41, 5.74) is 1.98. The van der Waals surface area contributed by atoms with Gasteiger partial charge in [-0.15, -0.1) is 0 Å². The molecule has 1 N–H and O–H groups in total. The summed E-state index contributed by atoms with van der Waals surface area (Å²) in [5.74, 6) is 0.643. The van der Waals surface area contributed by atoms with Gasteiger partial charge in [-0.1, -0.05) is 47.6 Å². The number of benzene rings is 2. The third-order valence-corrected chi connectivity index (χ3v) is 3.92. The van der Waals surface area contributed by atoms with Gasteiger partial charge < -0.3 is 14.6 Å². The maximum Gasteiger partial charge on any atom is 0.259 e. The zero-order chi connectivity index (χ0) is 19.1. The predicted molar refractivity (Wildman–Crippen MR) is 103 cm³/mol. The van der Waals surface area contributed by atoms with Gasteiger partial charge in [-0.3, -0.25) is 4.79 Å². The summed E-state index contributed by atoms with van der Waals surface area (Å²) < 4.78 is 10.9. The molecular formula is C21H23N3O3. The fourth-order valence-electron chi connectivity index (χ4n) is 2.59. The second kappa shape index (κ2) is 9.09. The molecule has 0 spiro atoms. The second-order valence-electron chi connectivity index (χ2n) is 6.36. The molecule has 1 aromatic heterocycles. The Morgan fingerprint density at radius 2 is 1.85 bits per heavy atom. The molecule has 0 aliphatic heterocycles. The van der Waals surface area contributed by atoms with Gasteiger partial charge >= 0.3 is 0 Å². The molecule has 0 aliphatic rings. The van der Waals surface area contributed by atoms with Crippen molar-refractivity contribution >= 4 is 5.91 Å². The summed E-state index contributed by atoms with van der Waals surface area (Å²) in [6.45, 7) is 5.13. The number of nitrogens with one attached hydrogen (secondary N) is 1. The first-order valence-electron chi connectivity index (χ1n) is 9.03. The molecule has 6 nitrogen and oxygen atoms in total. The van der Waals surface area contributed by atoms with Crippen molar-refractivity contribution in [1.29, 1.82) is 0 Å². The van der Waals surface area contributed by atoms with E-state index in [9.17, 15) is 4.79 Å². The number of carbonyl (C=O) groups is 1.